The first-order valence-electron chi connectivity index (χ1n) is 5.00. The molecule has 0 atom stereocenters. The van der Waals surface area contributed by atoms with Crippen LogP contribution in [0.3, 0.4) is 0 Å². The zero-order valence-corrected chi connectivity index (χ0v) is 9.91. The molecule has 0 aliphatic heterocycles. The molecule has 0 amide bonds. The van der Waals surface area contributed by atoms with Crippen molar-refractivity contribution < 1.29 is 9.13 Å². The van der Waals surface area contributed by atoms with Crippen molar-refractivity contribution >= 4 is 17.4 Å². The lowest BCUT2D eigenvalue weighted by Crippen LogP contribution is -2.13. The van der Waals surface area contributed by atoms with E-state index in [1.54, 1.807) is 18.2 Å². The van der Waals surface area contributed by atoms with Gasteiger partial charge in [0.15, 0.2) is 11.6 Å². The van der Waals surface area contributed by atoms with Gasteiger partial charge in [-0.1, -0.05) is 17.7 Å². The molecule has 0 aliphatic rings. The minimum absolute atomic E-state index is 0.00704. The molecule has 0 fully saturated rings. The molecule has 4 nitrogen and oxygen atoms in total. The summed E-state index contributed by atoms with van der Waals surface area (Å²) < 4.78 is 18.7. The van der Waals surface area contributed by atoms with Crippen molar-refractivity contribution in [3.05, 3.63) is 52.9 Å². The molecule has 0 unspecified atom stereocenters. The second-order valence-electron chi connectivity index (χ2n) is 3.45. The average Bonchev–Trinajstić information content (AvgIpc) is 2.33. The van der Waals surface area contributed by atoms with Crippen LogP contribution in [0.5, 0.6) is 11.6 Å². The standard InChI is InChI=1S/C12H9ClFN3O/c13-7-4-5-10(8(14)6-7)18-11-3-1-2-9(17-11)12(15)16/h1-6H,(H3,15,16). The molecule has 92 valence electrons. The molecule has 3 N–H and O–H groups in total. The van der Waals surface area contributed by atoms with Gasteiger partial charge in [0, 0.05) is 11.1 Å². The molecule has 0 spiro atoms. The third kappa shape index (κ3) is 2.75. The number of pyridine rings is 1. The van der Waals surface area contributed by atoms with Gasteiger partial charge in [-0.15, -0.1) is 0 Å². The van der Waals surface area contributed by atoms with Crippen LogP contribution in [0, 0.1) is 11.2 Å². The molecule has 2 aromatic rings. The van der Waals surface area contributed by atoms with Crippen LogP contribution in [0.1, 0.15) is 5.69 Å². The monoisotopic (exact) mass is 265 g/mol. The van der Waals surface area contributed by atoms with Gasteiger partial charge in [0.05, 0.1) is 0 Å². The highest BCUT2D eigenvalue weighted by atomic mass is 35.5. The van der Waals surface area contributed by atoms with Gasteiger partial charge in [0.1, 0.15) is 11.5 Å². The van der Waals surface area contributed by atoms with E-state index >= 15 is 0 Å². The Bertz CT molecular complexity index is 604. The van der Waals surface area contributed by atoms with Crippen molar-refractivity contribution in [3.8, 4) is 11.6 Å². The molecule has 0 saturated carbocycles. The number of hydrogen-bond donors (Lipinski definition) is 2. The van der Waals surface area contributed by atoms with Crippen LogP contribution >= 0.6 is 11.6 Å². The zero-order chi connectivity index (χ0) is 13.1. The van der Waals surface area contributed by atoms with Gasteiger partial charge >= 0.3 is 0 Å². The number of aromatic nitrogens is 1. The summed E-state index contributed by atoms with van der Waals surface area (Å²) in [6, 6.07) is 8.78. The summed E-state index contributed by atoms with van der Waals surface area (Å²) in [5, 5.41) is 7.53. The molecule has 1 aromatic carbocycles. The van der Waals surface area contributed by atoms with E-state index in [1.165, 1.54) is 12.1 Å². The predicted octanol–water partition coefficient (Wildman–Crippen LogP) is 2.95. The number of ether oxygens (including phenoxy) is 1. The van der Waals surface area contributed by atoms with Crippen LogP contribution in [-0.4, -0.2) is 10.8 Å². The number of nitrogens with one attached hydrogen (secondary N) is 1. The van der Waals surface area contributed by atoms with Crippen LogP contribution in [-0.2, 0) is 0 Å². The van der Waals surface area contributed by atoms with Gasteiger partial charge in [-0.3, -0.25) is 5.41 Å². The number of amidine groups is 1. The number of halogens is 2. The van der Waals surface area contributed by atoms with Crippen molar-refractivity contribution in [2.45, 2.75) is 0 Å². The summed E-state index contributed by atoms with van der Waals surface area (Å²) in [6.45, 7) is 0. The van der Waals surface area contributed by atoms with Gasteiger partial charge in [-0.05, 0) is 24.3 Å². The van der Waals surface area contributed by atoms with E-state index in [-0.39, 0.29) is 28.2 Å². The minimum atomic E-state index is -0.586. The van der Waals surface area contributed by atoms with E-state index in [0.717, 1.165) is 6.07 Å². The van der Waals surface area contributed by atoms with Gasteiger partial charge < -0.3 is 10.5 Å². The van der Waals surface area contributed by atoms with Crippen molar-refractivity contribution in [3.63, 3.8) is 0 Å². The van der Waals surface area contributed by atoms with Gasteiger partial charge in [0.2, 0.25) is 5.88 Å². The molecule has 2 rings (SSSR count). The third-order valence-electron chi connectivity index (χ3n) is 2.11. The van der Waals surface area contributed by atoms with Crippen molar-refractivity contribution in [2.75, 3.05) is 0 Å². The lowest BCUT2D eigenvalue weighted by Gasteiger charge is -2.07. The lowest BCUT2D eigenvalue weighted by atomic mass is 10.3. The highest BCUT2D eigenvalue weighted by Crippen LogP contribution is 2.25. The quantitative estimate of drug-likeness (QED) is 0.662. The first-order valence-corrected chi connectivity index (χ1v) is 5.38. The normalized spacial score (nSPS) is 10.1. The fourth-order valence-corrected chi connectivity index (χ4v) is 1.45. The summed E-state index contributed by atoms with van der Waals surface area (Å²) >= 11 is 5.63. The second-order valence-corrected chi connectivity index (χ2v) is 3.89. The van der Waals surface area contributed by atoms with Crippen LogP contribution in [0.2, 0.25) is 5.02 Å². The van der Waals surface area contributed by atoms with E-state index in [9.17, 15) is 4.39 Å². The molecule has 0 radical (unpaired) electrons. The maximum atomic E-state index is 13.5. The van der Waals surface area contributed by atoms with Gasteiger partial charge in [0.25, 0.3) is 0 Å². The Balaban J connectivity index is 2.28. The van der Waals surface area contributed by atoms with E-state index in [0.29, 0.717) is 0 Å². The Labute approximate surface area is 108 Å². The summed E-state index contributed by atoms with van der Waals surface area (Å²) in [7, 11) is 0. The van der Waals surface area contributed by atoms with Crippen LogP contribution < -0.4 is 10.5 Å². The van der Waals surface area contributed by atoms with E-state index in [1.807, 2.05) is 0 Å². The van der Waals surface area contributed by atoms with Crippen LogP contribution in [0.4, 0.5) is 4.39 Å². The number of nitrogens with two attached hydrogens (primary N) is 1. The number of hydrogen-bond acceptors (Lipinski definition) is 3. The number of rotatable bonds is 3. The highest BCUT2D eigenvalue weighted by Gasteiger charge is 2.07. The molecule has 1 aromatic heterocycles. The van der Waals surface area contributed by atoms with Gasteiger partial charge in [-0.25, -0.2) is 9.37 Å². The summed E-state index contributed by atoms with van der Waals surface area (Å²) in [5.41, 5.74) is 5.57. The number of nitrogen functional groups attached to an aromatic ring is 1. The molecule has 0 saturated heterocycles. The van der Waals surface area contributed by atoms with Crippen molar-refractivity contribution in [2.24, 2.45) is 5.73 Å². The molecule has 6 heteroatoms. The molecule has 0 bridgehead atoms. The molecule has 0 aliphatic carbocycles. The minimum Gasteiger partial charge on any atom is -0.436 e. The Morgan fingerprint density at radius 1 is 1.33 bits per heavy atom. The summed E-state index contributed by atoms with van der Waals surface area (Å²) in [6.07, 6.45) is 0. The largest absolute Gasteiger partial charge is 0.436 e. The Kier molecular flexibility index (Phi) is 3.43. The average molecular weight is 266 g/mol. The molecule has 18 heavy (non-hydrogen) atoms. The molecule has 1 heterocycles. The first-order chi connectivity index (χ1) is 8.56. The predicted molar refractivity (Wildman–Crippen MR) is 66.7 cm³/mol. The van der Waals surface area contributed by atoms with Crippen molar-refractivity contribution in [1.29, 1.82) is 5.41 Å². The summed E-state index contributed by atoms with van der Waals surface area (Å²) in [4.78, 5) is 3.96. The highest BCUT2D eigenvalue weighted by molar-refractivity contribution is 6.30. The van der Waals surface area contributed by atoms with Crippen LogP contribution in [0.25, 0.3) is 0 Å². The summed E-state index contributed by atoms with van der Waals surface area (Å²) in [5.74, 6) is -0.605. The second kappa shape index (κ2) is 5.01. The fourth-order valence-electron chi connectivity index (χ4n) is 1.29. The third-order valence-corrected chi connectivity index (χ3v) is 2.34. The van der Waals surface area contributed by atoms with E-state index in [4.69, 9.17) is 27.5 Å². The van der Waals surface area contributed by atoms with Crippen molar-refractivity contribution in [1.82, 2.24) is 4.98 Å². The number of nitrogens with zero attached hydrogens (tertiary/aromatic N) is 1. The number of benzene rings is 1. The molecular weight excluding hydrogens is 257 g/mol. The maximum absolute atomic E-state index is 13.5. The fraction of sp³-hybridized carbons (Fsp3) is 0. The van der Waals surface area contributed by atoms with E-state index < -0.39 is 5.82 Å². The zero-order valence-electron chi connectivity index (χ0n) is 9.15. The van der Waals surface area contributed by atoms with Crippen LogP contribution in [0.15, 0.2) is 36.4 Å². The van der Waals surface area contributed by atoms with Gasteiger partial charge in [-0.2, -0.15) is 0 Å². The topological polar surface area (TPSA) is 72.0 Å². The van der Waals surface area contributed by atoms with E-state index in [2.05, 4.69) is 4.98 Å². The molecular formula is C12H9ClFN3O. The smallest absolute Gasteiger partial charge is 0.220 e. The Morgan fingerprint density at radius 3 is 2.78 bits per heavy atom. The first kappa shape index (κ1) is 12.3. The Morgan fingerprint density at radius 2 is 2.11 bits per heavy atom. The maximum Gasteiger partial charge on any atom is 0.220 e. The SMILES string of the molecule is N=C(N)c1cccc(Oc2ccc(Cl)cc2F)n1. The lowest BCUT2D eigenvalue weighted by molar-refractivity contribution is 0.427. The Hall–Kier alpha value is -2.14.